The fourth-order valence-corrected chi connectivity index (χ4v) is 2.01. The van der Waals surface area contributed by atoms with Crippen LogP contribution in [0.1, 0.15) is 11.4 Å². The zero-order chi connectivity index (χ0) is 13.3. The normalized spacial score (nSPS) is 10.5. The Morgan fingerprint density at radius 3 is 2.44 bits per heavy atom. The first-order chi connectivity index (χ1) is 8.47. The van der Waals surface area contributed by atoms with Crippen LogP contribution in [0.4, 0.5) is 11.5 Å². The summed E-state index contributed by atoms with van der Waals surface area (Å²) in [5.41, 5.74) is 2.46. The van der Waals surface area contributed by atoms with Gasteiger partial charge in [-0.25, -0.2) is 9.97 Å². The molecule has 0 aliphatic carbocycles. The Balaban J connectivity index is 2.34. The molecular weight excluding hydrogens is 337 g/mol. The van der Waals surface area contributed by atoms with Crippen LogP contribution < -0.4 is 5.32 Å². The number of aromatic nitrogens is 2. The lowest BCUT2D eigenvalue weighted by Gasteiger charge is -2.09. The van der Waals surface area contributed by atoms with Gasteiger partial charge in [-0.15, -0.1) is 0 Å². The van der Waals surface area contributed by atoms with Crippen LogP contribution in [0.3, 0.4) is 0 Å². The quantitative estimate of drug-likeness (QED) is 0.839. The first-order valence-electron chi connectivity index (χ1n) is 5.20. The van der Waals surface area contributed by atoms with Crippen LogP contribution in [0.15, 0.2) is 22.7 Å². The SMILES string of the molecule is Cc1nc(Cl)c(Nc2ccc(Br)c(Cl)c2)nc1C. The van der Waals surface area contributed by atoms with Gasteiger partial charge >= 0.3 is 0 Å². The molecule has 1 N–H and O–H groups in total. The Morgan fingerprint density at radius 2 is 1.78 bits per heavy atom. The molecule has 3 nitrogen and oxygen atoms in total. The third kappa shape index (κ3) is 2.94. The number of benzene rings is 1. The van der Waals surface area contributed by atoms with Crippen LogP contribution >= 0.6 is 39.1 Å². The summed E-state index contributed by atoms with van der Waals surface area (Å²) >= 11 is 15.4. The molecule has 0 aliphatic rings. The van der Waals surface area contributed by atoms with Crippen LogP contribution in [-0.4, -0.2) is 9.97 Å². The molecular formula is C12H10BrCl2N3. The maximum absolute atomic E-state index is 6.04. The molecule has 0 spiro atoms. The second-order valence-corrected chi connectivity index (χ2v) is 5.41. The molecule has 0 unspecified atom stereocenters. The van der Waals surface area contributed by atoms with Crippen molar-refractivity contribution in [2.24, 2.45) is 0 Å². The highest BCUT2D eigenvalue weighted by Gasteiger charge is 2.08. The lowest BCUT2D eigenvalue weighted by Crippen LogP contribution is -2.00. The fourth-order valence-electron chi connectivity index (χ4n) is 1.37. The van der Waals surface area contributed by atoms with Crippen molar-refractivity contribution in [3.05, 3.63) is 44.2 Å². The van der Waals surface area contributed by atoms with Crippen LogP contribution in [0.2, 0.25) is 10.2 Å². The second-order valence-electron chi connectivity index (χ2n) is 3.79. The van der Waals surface area contributed by atoms with Gasteiger partial charge in [-0.05, 0) is 48.0 Å². The standard InChI is InChI=1S/C12H10BrCl2N3/c1-6-7(2)17-12(11(15)16-6)18-8-3-4-9(13)10(14)5-8/h3-5H,1-2H3,(H,17,18). The molecule has 94 valence electrons. The number of aryl methyl sites for hydroxylation is 2. The van der Waals surface area contributed by atoms with E-state index in [9.17, 15) is 0 Å². The van der Waals surface area contributed by atoms with Gasteiger partial charge < -0.3 is 5.32 Å². The molecule has 0 amide bonds. The minimum absolute atomic E-state index is 0.345. The van der Waals surface area contributed by atoms with Gasteiger partial charge in [0.2, 0.25) is 0 Å². The summed E-state index contributed by atoms with van der Waals surface area (Å²) in [4.78, 5) is 8.57. The fraction of sp³-hybridized carbons (Fsp3) is 0.167. The minimum Gasteiger partial charge on any atom is -0.338 e. The summed E-state index contributed by atoms with van der Waals surface area (Å²) in [7, 11) is 0. The van der Waals surface area contributed by atoms with Crippen molar-refractivity contribution in [3.63, 3.8) is 0 Å². The second kappa shape index (κ2) is 5.43. The lowest BCUT2D eigenvalue weighted by atomic mass is 10.3. The maximum atomic E-state index is 6.04. The van der Waals surface area contributed by atoms with E-state index in [1.54, 1.807) is 6.07 Å². The highest BCUT2D eigenvalue weighted by molar-refractivity contribution is 9.10. The molecule has 0 bridgehead atoms. The van der Waals surface area contributed by atoms with Crippen molar-refractivity contribution in [3.8, 4) is 0 Å². The van der Waals surface area contributed by atoms with E-state index in [0.717, 1.165) is 21.5 Å². The van der Waals surface area contributed by atoms with E-state index in [2.05, 4.69) is 31.2 Å². The summed E-state index contributed by atoms with van der Waals surface area (Å²) in [5.74, 6) is 0.526. The molecule has 0 saturated heterocycles. The monoisotopic (exact) mass is 345 g/mol. The summed E-state index contributed by atoms with van der Waals surface area (Å²) in [6, 6.07) is 5.52. The summed E-state index contributed by atoms with van der Waals surface area (Å²) in [5, 5.41) is 4.06. The Kier molecular flexibility index (Phi) is 4.10. The van der Waals surface area contributed by atoms with E-state index >= 15 is 0 Å². The molecule has 2 aromatic rings. The molecule has 18 heavy (non-hydrogen) atoms. The minimum atomic E-state index is 0.345. The number of rotatable bonds is 2. The van der Waals surface area contributed by atoms with Crippen molar-refractivity contribution in [2.75, 3.05) is 5.32 Å². The zero-order valence-electron chi connectivity index (χ0n) is 9.76. The number of nitrogens with one attached hydrogen (secondary N) is 1. The molecule has 0 atom stereocenters. The van der Waals surface area contributed by atoms with Gasteiger partial charge in [-0.1, -0.05) is 23.2 Å². The van der Waals surface area contributed by atoms with E-state index in [4.69, 9.17) is 23.2 Å². The first-order valence-corrected chi connectivity index (χ1v) is 6.75. The number of hydrogen-bond acceptors (Lipinski definition) is 3. The van der Waals surface area contributed by atoms with Crippen molar-refractivity contribution >= 4 is 50.6 Å². The molecule has 1 aromatic carbocycles. The predicted molar refractivity (Wildman–Crippen MR) is 79.0 cm³/mol. The van der Waals surface area contributed by atoms with Crippen molar-refractivity contribution in [1.82, 2.24) is 9.97 Å². The molecule has 2 rings (SSSR count). The Hall–Kier alpha value is -0.840. The van der Waals surface area contributed by atoms with Gasteiger partial charge in [-0.2, -0.15) is 0 Å². The van der Waals surface area contributed by atoms with Crippen molar-refractivity contribution in [1.29, 1.82) is 0 Å². The van der Waals surface area contributed by atoms with Gasteiger partial charge in [0.1, 0.15) is 0 Å². The maximum Gasteiger partial charge on any atom is 0.172 e. The average Bonchev–Trinajstić information content (AvgIpc) is 2.31. The average molecular weight is 347 g/mol. The third-order valence-electron chi connectivity index (χ3n) is 2.45. The number of anilines is 2. The molecule has 0 fully saturated rings. The van der Waals surface area contributed by atoms with E-state index in [1.807, 2.05) is 26.0 Å². The van der Waals surface area contributed by atoms with Gasteiger partial charge in [-0.3, -0.25) is 0 Å². The van der Waals surface area contributed by atoms with Crippen LogP contribution in [0.25, 0.3) is 0 Å². The Morgan fingerprint density at radius 1 is 1.11 bits per heavy atom. The van der Waals surface area contributed by atoms with Gasteiger partial charge in [0, 0.05) is 10.2 Å². The Labute approximate surface area is 124 Å². The molecule has 0 aliphatic heterocycles. The van der Waals surface area contributed by atoms with Gasteiger partial charge in [0.05, 0.1) is 16.4 Å². The molecule has 6 heteroatoms. The number of halogens is 3. The van der Waals surface area contributed by atoms with Crippen LogP contribution in [-0.2, 0) is 0 Å². The highest BCUT2D eigenvalue weighted by Crippen LogP contribution is 2.28. The summed E-state index contributed by atoms with van der Waals surface area (Å²) in [6.07, 6.45) is 0. The Bertz CT molecular complexity index is 602. The molecule has 1 aromatic heterocycles. The van der Waals surface area contributed by atoms with Crippen molar-refractivity contribution < 1.29 is 0 Å². The van der Waals surface area contributed by atoms with E-state index in [0.29, 0.717) is 16.0 Å². The molecule has 0 saturated carbocycles. The predicted octanol–water partition coefficient (Wildman–Crippen LogP) is 4.91. The first kappa shape index (κ1) is 13.6. The highest BCUT2D eigenvalue weighted by atomic mass is 79.9. The lowest BCUT2D eigenvalue weighted by molar-refractivity contribution is 1.05. The molecule has 0 radical (unpaired) electrons. The third-order valence-corrected chi connectivity index (χ3v) is 3.94. The summed E-state index contributed by atoms with van der Waals surface area (Å²) < 4.78 is 0.840. The molecule has 1 heterocycles. The topological polar surface area (TPSA) is 37.8 Å². The van der Waals surface area contributed by atoms with Crippen LogP contribution in [0, 0.1) is 13.8 Å². The van der Waals surface area contributed by atoms with Gasteiger partial charge in [0.25, 0.3) is 0 Å². The zero-order valence-corrected chi connectivity index (χ0v) is 12.9. The van der Waals surface area contributed by atoms with E-state index < -0.39 is 0 Å². The van der Waals surface area contributed by atoms with E-state index in [-0.39, 0.29) is 0 Å². The largest absolute Gasteiger partial charge is 0.338 e. The summed E-state index contributed by atoms with van der Waals surface area (Å²) in [6.45, 7) is 3.76. The smallest absolute Gasteiger partial charge is 0.172 e. The number of nitrogens with zero attached hydrogens (tertiary/aromatic N) is 2. The van der Waals surface area contributed by atoms with Crippen LogP contribution in [0.5, 0.6) is 0 Å². The van der Waals surface area contributed by atoms with Gasteiger partial charge in [0.15, 0.2) is 11.0 Å². The number of hydrogen-bond donors (Lipinski definition) is 1. The van der Waals surface area contributed by atoms with E-state index in [1.165, 1.54) is 0 Å². The van der Waals surface area contributed by atoms with Crippen molar-refractivity contribution in [2.45, 2.75) is 13.8 Å².